The molecule has 0 N–H and O–H groups in total. The summed E-state index contributed by atoms with van der Waals surface area (Å²) in [4.78, 5) is 13.6. The average Bonchev–Trinajstić information content (AvgIpc) is 3.41. The van der Waals surface area contributed by atoms with Crippen LogP contribution < -0.4 is 0 Å². The van der Waals surface area contributed by atoms with Crippen molar-refractivity contribution < 1.29 is 18.0 Å². The third-order valence-electron chi connectivity index (χ3n) is 11.1. The summed E-state index contributed by atoms with van der Waals surface area (Å²) in [5, 5.41) is 3.67. The lowest BCUT2D eigenvalue weighted by Crippen LogP contribution is -2.50. The van der Waals surface area contributed by atoms with Crippen LogP contribution in [0.15, 0.2) is 12.3 Å². The number of nitrogens with zero attached hydrogens (tertiary/aromatic N) is 2. The zero-order valence-corrected chi connectivity index (χ0v) is 20.6. The molecule has 1 heterocycles. The quantitative estimate of drug-likeness (QED) is 0.468. The Labute approximate surface area is 201 Å². The molecule has 0 aromatic carbocycles. The lowest BCUT2D eigenvalue weighted by molar-refractivity contribution is -0.142. The van der Waals surface area contributed by atoms with Crippen LogP contribution in [0.2, 0.25) is 0 Å². The van der Waals surface area contributed by atoms with Gasteiger partial charge >= 0.3 is 6.18 Å². The smallest absolute Gasteiger partial charge is 0.297 e. The van der Waals surface area contributed by atoms with E-state index in [1.165, 1.54) is 62.2 Å². The Kier molecular flexibility index (Phi) is 5.50. The van der Waals surface area contributed by atoms with Gasteiger partial charge in [-0.3, -0.25) is 9.48 Å². The van der Waals surface area contributed by atoms with Crippen LogP contribution in [-0.2, 0) is 17.5 Å². The van der Waals surface area contributed by atoms with Crippen molar-refractivity contribution in [2.45, 2.75) is 90.8 Å². The average molecular weight is 477 g/mol. The Morgan fingerprint density at radius 3 is 2.44 bits per heavy atom. The first-order chi connectivity index (χ1) is 16.1. The van der Waals surface area contributed by atoms with Gasteiger partial charge in [0.2, 0.25) is 0 Å². The zero-order valence-electron chi connectivity index (χ0n) is 20.6. The lowest BCUT2D eigenvalue weighted by Gasteiger charge is -2.57. The van der Waals surface area contributed by atoms with Crippen LogP contribution in [0.5, 0.6) is 0 Å². The summed E-state index contributed by atoms with van der Waals surface area (Å²) in [6.07, 6.45) is 9.64. The maximum absolute atomic E-state index is 13.6. The van der Waals surface area contributed by atoms with Gasteiger partial charge in [-0.15, -0.1) is 0 Å². The van der Waals surface area contributed by atoms with Crippen molar-refractivity contribution in [3.63, 3.8) is 0 Å². The van der Waals surface area contributed by atoms with Crippen LogP contribution in [0.25, 0.3) is 0 Å². The fourth-order valence-corrected chi connectivity index (χ4v) is 9.64. The Bertz CT molecular complexity index is 936. The fourth-order valence-electron chi connectivity index (χ4n) is 9.64. The van der Waals surface area contributed by atoms with Crippen LogP contribution in [0.3, 0.4) is 0 Å². The Morgan fingerprint density at radius 2 is 1.74 bits per heavy atom. The van der Waals surface area contributed by atoms with Gasteiger partial charge in [-0.25, -0.2) is 0 Å². The minimum absolute atomic E-state index is 0.000309. The van der Waals surface area contributed by atoms with Crippen molar-refractivity contribution in [1.29, 1.82) is 0 Å². The summed E-state index contributed by atoms with van der Waals surface area (Å²) >= 11 is 0. The molecule has 0 aliphatic heterocycles. The SMILES string of the molecule is C[C@H]1CC[C@H]2[C@H](CC[C@@H]3[C@@H]2CC[C@@]2(C)[C@H]3[C@H](C3CC3)C[C@@H]2C(=O)Cn2ccc(C(F)(F)F)n2)C1. The largest absolute Gasteiger partial charge is 0.435 e. The number of ketones is 1. The Morgan fingerprint density at radius 1 is 1.00 bits per heavy atom. The molecule has 188 valence electrons. The summed E-state index contributed by atoms with van der Waals surface area (Å²) in [5.74, 6) is 6.35. The molecule has 0 spiro atoms. The van der Waals surface area contributed by atoms with Gasteiger partial charge in [-0.2, -0.15) is 18.3 Å². The first kappa shape index (κ1) is 23.1. The van der Waals surface area contributed by atoms with Gasteiger partial charge in [0.05, 0.1) is 6.54 Å². The molecule has 0 bridgehead atoms. The van der Waals surface area contributed by atoms with E-state index in [9.17, 15) is 18.0 Å². The van der Waals surface area contributed by atoms with Crippen LogP contribution >= 0.6 is 0 Å². The standard InChI is InChI=1S/C28H39F3N2O/c1-16-3-7-19-18(13-16)6-8-21-20(19)9-11-27(2)23(14-22(26(21)27)17-4-5-17)24(34)15-33-12-10-25(32-33)28(29,30)31/h10,12,16-23,26H,3-9,11,13-15H2,1-2H3/t16-,18+,19-,20+,21+,22-,23+,26+,27+/m0/s1. The van der Waals surface area contributed by atoms with Crippen LogP contribution in [0.1, 0.15) is 83.7 Å². The molecule has 6 heteroatoms. The number of Topliss-reactive ketones (excluding diaryl/α,β-unsaturated/α-hetero) is 1. The number of hydrogen-bond acceptors (Lipinski definition) is 2. The second kappa shape index (κ2) is 8.09. The van der Waals surface area contributed by atoms with E-state index < -0.39 is 11.9 Å². The molecule has 1 aromatic heterocycles. The zero-order chi connectivity index (χ0) is 23.8. The highest BCUT2D eigenvalue weighted by molar-refractivity contribution is 5.82. The molecule has 1 aromatic rings. The first-order valence-electron chi connectivity index (χ1n) is 13.8. The number of carbonyl (C=O) groups is 1. The fraction of sp³-hybridized carbons (Fsp3) is 0.857. The number of aromatic nitrogens is 2. The van der Waals surface area contributed by atoms with E-state index in [0.717, 1.165) is 54.4 Å². The van der Waals surface area contributed by atoms with Crippen LogP contribution in [0, 0.1) is 58.7 Å². The molecule has 34 heavy (non-hydrogen) atoms. The van der Waals surface area contributed by atoms with Gasteiger partial charge in [0.15, 0.2) is 11.5 Å². The van der Waals surface area contributed by atoms with Crippen LogP contribution in [0.4, 0.5) is 13.2 Å². The number of hydrogen-bond donors (Lipinski definition) is 0. The summed E-state index contributed by atoms with van der Waals surface area (Å²) in [6.45, 7) is 4.77. The molecule has 0 radical (unpaired) electrons. The highest BCUT2D eigenvalue weighted by Crippen LogP contribution is 2.69. The predicted molar refractivity (Wildman–Crippen MR) is 124 cm³/mol. The number of alkyl halides is 3. The molecule has 3 nitrogen and oxygen atoms in total. The van der Waals surface area contributed by atoms with Gasteiger partial charge in [-0.1, -0.05) is 20.3 Å². The summed E-state index contributed by atoms with van der Waals surface area (Å²) in [7, 11) is 0. The topological polar surface area (TPSA) is 34.9 Å². The van der Waals surface area contributed by atoms with E-state index in [1.54, 1.807) is 0 Å². The third kappa shape index (κ3) is 3.77. The lowest BCUT2D eigenvalue weighted by atomic mass is 9.48. The van der Waals surface area contributed by atoms with Crippen molar-refractivity contribution in [3.05, 3.63) is 18.0 Å². The van der Waals surface area contributed by atoms with Crippen molar-refractivity contribution >= 4 is 5.78 Å². The maximum atomic E-state index is 13.6. The third-order valence-corrected chi connectivity index (χ3v) is 11.1. The number of carbonyl (C=O) groups excluding carboxylic acids is 1. The van der Waals surface area contributed by atoms with E-state index in [2.05, 4.69) is 18.9 Å². The van der Waals surface area contributed by atoms with Crippen LogP contribution in [-0.4, -0.2) is 15.6 Å². The summed E-state index contributed by atoms with van der Waals surface area (Å²) in [6, 6.07) is 0.980. The van der Waals surface area contributed by atoms with Crippen molar-refractivity contribution in [2.75, 3.05) is 0 Å². The highest BCUT2D eigenvalue weighted by atomic mass is 19.4. The molecule has 5 aliphatic carbocycles. The monoisotopic (exact) mass is 476 g/mol. The van der Waals surface area contributed by atoms with Gasteiger partial charge in [0.1, 0.15) is 0 Å². The number of halogens is 3. The van der Waals surface area contributed by atoms with Gasteiger partial charge in [-0.05, 0) is 117 Å². The minimum Gasteiger partial charge on any atom is -0.297 e. The van der Waals surface area contributed by atoms with Crippen molar-refractivity contribution in [3.8, 4) is 0 Å². The van der Waals surface area contributed by atoms with Gasteiger partial charge in [0, 0.05) is 12.1 Å². The second-order valence-electron chi connectivity index (χ2n) is 13.0. The number of rotatable bonds is 4. The molecule has 6 rings (SSSR count). The Hall–Kier alpha value is -1.33. The van der Waals surface area contributed by atoms with Crippen molar-refractivity contribution in [1.82, 2.24) is 9.78 Å². The van der Waals surface area contributed by atoms with E-state index in [-0.39, 0.29) is 23.7 Å². The second-order valence-corrected chi connectivity index (χ2v) is 13.0. The first-order valence-corrected chi connectivity index (χ1v) is 13.8. The predicted octanol–water partition coefficient (Wildman–Crippen LogP) is 7.01. The van der Waals surface area contributed by atoms with Gasteiger partial charge in [0.25, 0.3) is 0 Å². The maximum Gasteiger partial charge on any atom is 0.435 e. The summed E-state index contributed by atoms with van der Waals surface area (Å²) < 4.78 is 40.2. The molecular formula is C28H39F3N2O. The normalized spacial score (nSPS) is 44.3. The molecular weight excluding hydrogens is 437 g/mol. The molecule has 9 atom stereocenters. The molecule has 5 saturated carbocycles. The van der Waals surface area contributed by atoms with E-state index in [0.29, 0.717) is 11.8 Å². The van der Waals surface area contributed by atoms with E-state index in [4.69, 9.17) is 0 Å². The Balaban J connectivity index is 1.24. The molecule has 0 unspecified atom stereocenters. The van der Waals surface area contributed by atoms with Gasteiger partial charge < -0.3 is 0 Å². The summed E-state index contributed by atoms with van der Waals surface area (Å²) in [5.41, 5.74) is -0.911. The number of fused-ring (bicyclic) bond motifs is 5. The van der Waals surface area contributed by atoms with E-state index >= 15 is 0 Å². The molecule has 0 amide bonds. The van der Waals surface area contributed by atoms with E-state index in [1.807, 2.05) is 0 Å². The highest BCUT2D eigenvalue weighted by Gasteiger charge is 2.63. The molecule has 5 fully saturated rings. The molecule has 0 saturated heterocycles. The minimum atomic E-state index is -4.47. The molecule has 5 aliphatic rings. The van der Waals surface area contributed by atoms with Crippen molar-refractivity contribution in [2.24, 2.45) is 58.7 Å².